The van der Waals surface area contributed by atoms with Crippen LogP contribution in [0.1, 0.15) is 44.5 Å². The molecule has 4 nitrogen and oxygen atoms in total. The maximum atomic E-state index is 4.63. The van der Waals surface area contributed by atoms with Gasteiger partial charge in [-0.2, -0.15) is 0 Å². The summed E-state index contributed by atoms with van der Waals surface area (Å²) in [7, 11) is 0. The minimum atomic E-state index is 0.994. The van der Waals surface area contributed by atoms with Crippen molar-refractivity contribution >= 4 is 43.6 Å². The van der Waals surface area contributed by atoms with Gasteiger partial charge >= 0.3 is 0 Å². The predicted molar refractivity (Wildman–Crippen MR) is 243 cm³/mol. The van der Waals surface area contributed by atoms with E-state index in [1.165, 1.54) is 122 Å². The predicted octanol–water partition coefficient (Wildman–Crippen LogP) is 13.6. The Morgan fingerprint density at radius 3 is 1.17 bits per heavy atom. The zero-order valence-corrected chi connectivity index (χ0v) is 33.9. The summed E-state index contributed by atoms with van der Waals surface area (Å²) in [5, 5.41) is 5.10. The quantitative estimate of drug-likeness (QED) is 0.180. The molecular weight excluding hydrogens is 705 g/mol. The van der Waals surface area contributed by atoms with Crippen LogP contribution in [0.2, 0.25) is 0 Å². The summed E-state index contributed by atoms with van der Waals surface area (Å²) in [6.45, 7) is 13.1. The molecule has 4 heteroatoms. The highest BCUT2D eigenvalue weighted by Gasteiger charge is 2.25. The minimum Gasteiger partial charge on any atom is -0.307 e. The van der Waals surface area contributed by atoms with Crippen LogP contribution in [0.15, 0.2) is 134 Å². The normalized spacial score (nSPS) is 12.5. The second-order valence-electron chi connectivity index (χ2n) is 16.6. The SMILES string of the molecule is Cc1ccc(-c2ccc3c(c2)c2cc4c(cc2n3-c2cnccc2C)-c2cc3c(cc2CC4)c2cc(-c4ccc(C)c(C)c4)ccc2n3-c2cnccc2C)cc1C. The van der Waals surface area contributed by atoms with Gasteiger partial charge in [-0.1, -0.05) is 48.5 Å². The first-order valence-corrected chi connectivity index (χ1v) is 20.4. The van der Waals surface area contributed by atoms with Crippen LogP contribution in [0.5, 0.6) is 0 Å². The first-order valence-electron chi connectivity index (χ1n) is 20.4. The number of rotatable bonds is 4. The molecule has 0 fully saturated rings. The molecule has 0 aliphatic heterocycles. The maximum Gasteiger partial charge on any atom is 0.0674 e. The maximum absolute atomic E-state index is 4.63. The van der Waals surface area contributed by atoms with E-state index in [1.54, 1.807) is 0 Å². The van der Waals surface area contributed by atoms with E-state index < -0.39 is 0 Å². The summed E-state index contributed by atoms with van der Waals surface area (Å²) in [5.74, 6) is 0. The fraction of sp³-hybridized carbons (Fsp3) is 0.148. The Balaban J connectivity index is 1.17. The molecule has 1 aliphatic carbocycles. The minimum absolute atomic E-state index is 0.994. The summed E-state index contributed by atoms with van der Waals surface area (Å²) >= 11 is 0. The summed E-state index contributed by atoms with van der Waals surface area (Å²) in [5.41, 5.74) is 25.1. The zero-order chi connectivity index (χ0) is 39.4. The molecule has 0 unspecified atom stereocenters. The molecule has 0 amide bonds. The third-order valence-corrected chi connectivity index (χ3v) is 13.1. The van der Waals surface area contributed by atoms with E-state index in [9.17, 15) is 0 Å². The number of pyridine rings is 2. The Hall–Kier alpha value is -6.78. The van der Waals surface area contributed by atoms with Gasteiger partial charge in [0.25, 0.3) is 0 Å². The Labute approximate surface area is 339 Å². The van der Waals surface area contributed by atoms with Crippen LogP contribution in [-0.2, 0) is 12.8 Å². The summed E-state index contributed by atoms with van der Waals surface area (Å²) in [6, 6.07) is 41.7. The second kappa shape index (κ2) is 12.9. The molecule has 0 N–H and O–H groups in total. The van der Waals surface area contributed by atoms with Crippen molar-refractivity contribution in [1.82, 2.24) is 19.1 Å². The van der Waals surface area contributed by atoms with Crippen LogP contribution in [0.25, 0.3) is 88.4 Å². The van der Waals surface area contributed by atoms with E-state index >= 15 is 0 Å². The fourth-order valence-electron chi connectivity index (χ4n) is 9.50. The van der Waals surface area contributed by atoms with Gasteiger partial charge in [0.1, 0.15) is 0 Å². The number of hydrogen-bond donors (Lipinski definition) is 0. The average molecular weight is 749 g/mol. The highest BCUT2D eigenvalue weighted by atomic mass is 15.0. The molecule has 280 valence electrons. The second-order valence-corrected chi connectivity index (χ2v) is 16.6. The standard InChI is InChI=1S/C54H44N4/c1-31-7-9-37(21-35(31)5)39-13-15-49-45(23-39)47-25-41-11-12-42-26-48-46-24-40(38-10-8-32(2)36(6)22-38)14-16-50(46)58(54-30-56-20-18-34(54)4)52(48)28-44(42)43(41)27-51(47)57(49)53-29-55-19-17-33(53)3/h7-10,13-30H,11-12H2,1-6H3. The van der Waals surface area contributed by atoms with Gasteiger partial charge < -0.3 is 9.13 Å². The van der Waals surface area contributed by atoms with Crippen molar-refractivity contribution in [3.05, 3.63) is 178 Å². The van der Waals surface area contributed by atoms with Gasteiger partial charge in [-0.25, -0.2) is 0 Å². The number of benzene rings is 6. The summed E-state index contributed by atoms with van der Waals surface area (Å²) in [6.07, 6.45) is 9.80. The average Bonchev–Trinajstić information content (AvgIpc) is 3.72. The van der Waals surface area contributed by atoms with Gasteiger partial charge in [0.05, 0.1) is 45.8 Å². The van der Waals surface area contributed by atoms with Crippen LogP contribution >= 0.6 is 0 Å². The molecule has 58 heavy (non-hydrogen) atoms. The lowest BCUT2D eigenvalue weighted by Gasteiger charge is -2.22. The largest absolute Gasteiger partial charge is 0.307 e. The van der Waals surface area contributed by atoms with E-state index in [1.807, 2.05) is 24.8 Å². The third-order valence-electron chi connectivity index (χ3n) is 13.1. The van der Waals surface area contributed by atoms with Crippen molar-refractivity contribution in [3.8, 4) is 44.8 Å². The molecule has 10 aromatic rings. The van der Waals surface area contributed by atoms with Crippen molar-refractivity contribution in [2.45, 2.75) is 54.4 Å². The highest BCUT2D eigenvalue weighted by molar-refractivity contribution is 6.14. The number of hydrogen-bond acceptors (Lipinski definition) is 2. The molecule has 0 radical (unpaired) electrons. The van der Waals surface area contributed by atoms with Crippen LogP contribution in [0.3, 0.4) is 0 Å². The summed E-state index contributed by atoms with van der Waals surface area (Å²) in [4.78, 5) is 9.25. The molecule has 11 rings (SSSR count). The molecule has 0 saturated heterocycles. The lowest BCUT2D eigenvalue weighted by molar-refractivity contribution is 0.945. The lowest BCUT2D eigenvalue weighted by atomic mass is 9.84. The van der Waals surface area contributed by atoms with Gasteiger partial charge in [-0.05, 0) is 193 Å². The monoisotopic (exact) mass is 748 g/mol. The number of fused-ring (bicyclic) bond motifs is 9. The third kappa shape index (κ3) is 5.21. The Morgan fingerprint density at radius 2 is 0.759 bits per heavy atom. The Kier molecular flexibility index (Phi) is 7.65. The van der Waals surface area contributed by atoms with Crippen LogP contribution in [-0.4, -0.2) is 19.1 Å². The fourth-order valence-corrected chi connectivity index (χ4v) is 9.50. The first-order chi connectivity index (χ1) is 28.2. The first kappa shape index (κ1) is 34.5. The van der Waals surface area contributed by atoms with Crippen LogP contribution in [0, 0.1) is 41.5 Å². The molecule has 4 heterocycles. The van der Waals surface area contributed by atoms with Crippen LogP contribution in [0.4, 0.5) is 0 Å². The number of aromatic nitrogens is 4. The Bertz CT molecular complexity index is 3130. The van der Waals surface area contributed by atoms with Gasteiger partial charge in [-0.3, -0.25) is 9.97 Å². The van der Waals surface area contributed by atoms with Crippen molar-refractivity contribution < 1.29 is 0 Å². The van der Waals surface area contributed by atoms with Gasteiger partial charge in [0.2, 0.25) is 0 Å². The highest BCUT2D eigenvalue weighted by Crippen LogP contribution is 2.45. The van der Waals surface area contributed by atoms with Gasteiger partial charge in [-0.15, -0.1) is 0 Å². The molecule has 0 spiro atoms. The molecule has 6 aromatic carbocycles. The molecule has 4 aromatic heterocycles. The van der Waals surface area contributed by atoms with E-state index in [0.717, 1.165) is 24.2 Å². The van der Waals surface area contributed by atoms with Gasteiger partial charge in [0.15, 0.2) is 0 Å². The van der Waals surface area contributed by atoms with Crippen molar-refractivity contribution in [3.63, 3.8) is 0 Å². The van der Waals surface area contributed by atoms with E-state index in [2.05, 4.69) is 170 Å². The smallest absolute Gasteiger partial charge is 0.0674 e. The van der Waals surface area contributed by atoms with Gasteiger partial charge in [0, 0.05) is 33.9 Å². The van der Waals surface area contributed by atoms with Crippen molar-refractivity contribution in [1.29, 1.82) is 0 Å². The molecular formula is C54H44N4. The molecule has 0 saturated carbocycles. The van der Waals surface area contributed by atoms with E-state index in [0.29, 0.717) is 0 Å². The zero-order valence-electron chi connectivity index (χ0n) is 33.9. The van der Waals surface area contributed by atoms with Crippen molar-refractivity contribution in [2.75, 3.05) is 0 Å². The molecule has 0 atom stereocenters. The van der Waals surface area contributed by atoms with Crippen molar-refractivity contribution in [2.24, 2.45) is 0 Å². The van der Waals surface area contributed by atoms with Crippen LogP contribution < -0.4 is 0 Å². The molecule has 0 bridgehead atoms. The Morgan fingerprint density at radius 1 is 0.362 bits per heavy atom. The number of aryl methyl sites for hydroxylation is 8. The van der Waals surface area contributed by atoms with E-state index in [4.69, 9.17) is 0 Å². The van der Waals surface area contributed by atoms with E-state index in [-0.39, 0.29) is 0 Å². The molecule has 1 aliphatic rings. The lowest BCUT2D eigenvalue weighted by Crippen LogP contribution is -2.05. The summed E-state index contributed by atoms with van der Waals surface area (Å²) < 4.78 is 4.88. The number of nitrogens with zero attached hydrogens (tertiary/aromatic N) is 4. The topological polar surface area (TPSA) is 35.6 Å².